The summed E-state index contributed by atoms with van der Waals surface area (Å²) in [5.41, 5.74) is 0. The Bertz CT molecular complexity index is 1570. The van der Waals surface area contributed by atoms with Gasteiger partial charge in [0.25, 0.3) is 0 Å². The maximum absolute atomic E-state index is 2.43. The average Bonchev–Trinajstić information content (AvgIpc) is 3.12. The lowest BCUT2D eigenvalue weighted by Crippen LogP contribution is -3.00. The maximum atomic E-state index is 2.43. The number of halogens is 1. The molecule has 0 spiro atoms. The minimum absolute atomic E-state index is 0. The van der Waals surface area contributed by atoms with Crippen LogP contribution in [0.2, 0.25) is 0 Å². The number of hydrogen-bond donors (Lipinski definition) is 0. The molecule has 0 atom stereocenters. The Labute approximate surface area is 278 Å². The molecule has 0 saturated heterocycles. The van der Waals surface area contributed by atoms with E-state index in [0.717, 1.165) is 0 Å². The molecule has 218 valence electrons. The fourth-order valence-corrected chi connectivity index (χ4v) is 15.1. The Kier molecular flexibility index (Phi) is 9.53. The van der Waals surface area contributed by atoms with Crippen LogP contribution in [0.5, 0.6) is 0 Å². The Balaban J connectivity index is 0.00000357. The van der Waals surface area contributed by atoms with Crippen molar-refractivity contribution in [3.63, 3.8) is 0 Å². The predicted octanol–water partition coefficient (Wildman–Crippen LogP) is 3.93. The van der Waals surface area contributed by atoms with Crippen molar-refractivity contribution in [1.29, 1.82) is 0 Å². The molecule has 0 aliphatic heterocycles. The monoisotopic (exact) mass is 679 g/mol. The highest BCUT2D eigenvalue weighted by Gasteiger charge is 2.50. The lowest BCUT2D eigenvalue weighted by Gasteiger charge is -2.29. The van der Waals surface area contributed by atoms with Gasteiger partial charge in [0.1, 0.15) is 57.0 Å². The van der Waals surface area contributed by atoms with Crippen LogP contribution in [0.25, 0.3) is 0 Å². The third-order valence-corrected chi connectivity index (χ3v) is 17.1. The van der Waals surface area contributed by atoms with Crippen LogP contribution >= 0.6 is 14.5 Å². The largest absolute Gasteiger partial charge is 1.00 e. The summed E-state index contributed by atoms with van der Waals surface area (Å²) in [6.45, 7) is 0. The molecule has 7 rings (SSSR count). The summed E-state index contributed by atoms with van der Waals surface area (Å²) < 4.78 is 0. The topological polar surface area (TPSA) is 0 Å². The number of rotatable bonds is 8. The second-order valence-corrected chi connectivity index (χ2v) is 17.7. The molecule has 0 heterocycles. The van der Waals surface area contributed by atoms with E-state index in [2.05, 4.69) is 206 Å². The summed E-state index contributed by atoms with van der Waals surface area (Å²) in [7, 11) is -4.36. The second-order valence-electron chi connectivity index (χ2n) is 10.9. The van der Waals surface area contributed by atoms with Crippen molar-refractivity contribution in [2.24, 2.45) is 0 Å². The van der Waals surface area contributed by atoms with Gasteiger partial charge in [-0.25, -0.2) is 0 Å². The highest BCUT2D eigenvalue weighted by atomic mass is 79.9. The van der Waals surface area contributed by atoms with E-state index in [1.54, 1.807) is 0 Å². The number of benzene rings is 7. The van der Waals surface area contributed by atoms with Crippen LogP contribution in [0.1, 0.15) is 0 Å². The lowest BCUT2D eigenvalue weighted by molar-refractivity contribution is -0.00000823. The maximum Gasteiger partial charge on any atom is 0.144 e. The smallest absolute Gasteiger partial charge is 0.144 e. The molecule has 0 bridgehead atoms. The Morgan fingerprint density at radius 3 is 0.467 bits per heavy atom. The summed E-state index contributed by atoms with van der Waals surface area (Å²) in [5, 5.41) is 10.9. The van der Waals surface area contributed by atoms with Crippen LogP contribution < -0.4 is 59.4 Å². The Morgan fingerprint density at radius 2 is 0.311 bits per heavy atom. The van der Waals surface area contributed by atoms with Gasteiger partial charge in [0.05, 0.1) is 0 Å². The standard InChI is InChI=1S/C42H34P2.BrH/c1-7-19-35(20-8-1)43(36-21-9-2-10-22-36,37-23-11-3-12-24-37)41-31-33-42(34-32-41)44(38-25-13-4-14-26-38,39-27-15-5-16-28-39)40-29-17-6-18-30-40;/h1-34H;1H/q+2;/p-1. The zero-order chi connectivity index (χ0) is 29.7. The lowest BCUT2D eigenvalue weighted by atomic mass is 10.3. The summed E-state index contributed by atoms with van der Waals surface area (Å²) in [6, 6.07) is 76.4. The van der Waals surface area contributed by atoms with E-state index >= 15 is 0 Å². The molecule has 0 aromatic heterocycles. The summed E-state index contributed by atoms with van der Waals surface area (Å²) in [6.07, 6.45) is 0. The zero-order valence-electron chi connectivity index (χ0n) is 24.9. The summed E-state index contributed by atoms with van der Waals surface area (Å²) in [4.78, 5) is 0. The molecule has 0 fully saturated rings. The predicted molar refractivity (Wildman–Crippen MR) is 196 cm³/mol. The van der Waals surface area contributed by atoms with Gasteiger partial charge in [-0.15, -0.1) is 0 Å². The molecular formula is C42H34BrP2+. The minimum atomic E-state index is -2.18. The van der Waals surface area contributed by atoms with Gasteiger partial charge in [-0.05, 0) is 97.1 Å². The van der Waals surface area contributed by atoms with Gasteiger partial charge in [-0.3, -0.25) is 0 Å². The van der Waals surface area contributed by atoms with Crippen LogP contribution in [-0.2, 0) is 0 Å². The fourth-order valence-electron chi connectivity index (χ4n) is 6.60. The van der Waals surface area contributed by atoms with Gasteiger partial charge in [0, 0.05) is 0 Å². The Hall–Kier alpha value is -4.12. The van der Waals surface area contributed by atoms with Crippen LogP contribution in [0.3, 0.4) is 0 Å². The third kappa shape index (κ3) is 5.51. The first-order valence-corrected chi connectivity index (χ1v) is 18.7. The highest BCUT2D eigenvalue weighted by molar-refractivity contribution is 8.02. The van der Waals surface area contributed by atoms with Gasteiger partial charge in [-0.2, -0.15) is 0 Å². The van der Waals surface area contributed by atoms with E-state index in [-0.39, 0.29) is 17.0 Å². The van der Waals surface area contributed by atoms with Gasteiger partial charge < -0.3 is 17.0 Å². The highest BCUT2D eigenvalue weighted by Crippen LogP contribution is 2.56. The third-order valence-electron chi connectivity index (χ3n) is 8.49. The molecule has 0 saturated carbocycles. The number of hydrogen-bond acceptors (Lipinski definition) is 0. The molecule has 0 aliphatic rings. The van der Waals surface area contributed by atoms with E-state index in [0.29, 0.717) is 0 Å². The molecule has 3 heteroatoms. The molecule has 0 N–H and O–H groups in total. The van der Waals surface area contributed by atoms with E-state index in [1.807, 2.05) is 0 Å². The van der Waals surface area contributed by atoms with Gasteiger partial charge in [-0.1, -0.05) is 109 Å². The first kappa shape index (κ1) is 30.9. The zero-order valence-corrected chi connectivity index (χ0v) is 28.3. The second kappa shape index (κ2) is 13.9. The van der Waals surface area contributed by atoms with E-state index in [1.165, 1.54) is 42.4 Å². The van der Waals surface area contributed by atoms with E-state index in [9.17, 15) is 0 Å². The van der Waals surface area contributed by atoms with Crippen LogP contribution in [0.4, 0.5) is 0 Å². The molecule has 0 nitrogen and oxygen atoms in total. The van der Waals surface area contributed by atoms with Crippen molar-refractivity contribution in [1.82, 2.24) is 0 Å². The molecule has 0 unspecified atom stereocenters. The van der Waals surface area contributed by atoms with Gasteiger partial charge in [0.2, 0.25) is 0 Å². The van der Waals surface area contributed by atoms with Crippen molar-refractivity contribution in [2.75, 3.05) is 0 Å². The van der Waals surface area contributed by atoms with Crippen molar-refractivity contribution < 1.29 is 17.0 Å². The van der Waals surface area contributed by atoms with Crippen molar-refractivity contribution in [3.8, 4) is 0 Å². The Morgan fingerprint density at radius 1 is 0.178 bits per heavy atom. The quantitative estimate of drug-likeness (QED) is 0.214. The van der Waals surface area contributed by atoms with E-state index < -0.39 is 14.5 Å². The summed E-state index contributed by atoms with van der Waals surface area (Å²) >= 11 is 0. The van der Waals surface area contributed by atoms with Crippen LogP contribution in [0, 0.1) is 0 Å². The molecule has 7 aromatic rings. The molecular weight excluding hydrogens is 646 g/mol. The molecule has 0 radical (unpaired) electrons. The van der Waals surface area contributed by atoms with E-state index in [4.69, 9.17) is 0 Å². The average molecular weight is 681 g/mol. The van der Waals surface area contributed by atoms with Gasteiger partial charge in [0.15, 0.2) is 0 Å². The van der Waals surface area contributed by atoms with Crippen molar-refractivity contribution in [2.45, 2.75) is 0 Å². The molecule has 7 aromatic carbocycles. The van der Waals surface area contributed by atoms with Crippen LogP contribution in [0.15, 0.2) is 206 Å². The molecule has 0 aliphatic carbocycles. The molecule has 45 heavy (non-hydrogen) atoms. The van der Waals surface area contributed by atoms with Crippen molar-refractivity contribution >= 4 is 57.0 Å². The fraction of sp³-hybridized carbons (Fsp3) is 0. The van der Waals surface area contributed by atoms with Crippen molar-refractivity contribution in [3.05, 3.63) is 206 Å². The van der Waals surface area contributed by atoms with Gasteiger partial charge >= 0.3 is 0 Å². The first-order valence-electron chi connectivity index (χ1n) is 15.1. The molecule has 0 amide bonds. The SMILES string of the molecule is [Br-].c1ccc([P+](c2ccccc2)(c2ccccc2)c2ccc([P+](c3ccccc3)(c3ccccc3)c3ccccc3)cc2)cc1. The van der Waals surface area contributed by atoms with Crippen LogP contribution in [-0.4, -0.2) is 0 Å². The minimum Gasteiger partial charge on any atom is -1.00 e. The normalized spacial score (nSPS) is 11.4. The summed E-state index contributed by atoms with van der Waals surface area (Å²) in [5.74, 6) is 0. The first-order chi connectivity index (χ1) is 21.8.